The van der Waals surface area contributed by atoms with Crippen LogP contribution in [0.4, 0.5) is 0 Å². The van der Waals surface area contributed by atoms with E-state index in [2.05, 4.69) is 34.1 Å². The molecule has 0 saturated heterocycles. The molecular weight excluding hydrogens is 328 g/mol. The summed E-state index contributed by atoms with van der Waals surface area (Å²) in [4.78, 5) is 21.1. The summed E-state index contributed by atoms with van der Waals surface area (Å²) in [5.41, 5.74) is 4.25. The summed E-state index contributed by atoms with van der Waals surface area (Å²) < 4.78 is 6.66. The number of hydrogen-bond donors (Lipinski definition) is 0. The van der Waals surface area contributed by atoms with Gasteiger partial charge in [0, 0.05) is 18.0 Å². The van der Waals surface area contributed by atoms with Crippen molar-refractivity contribution in [3.8, 4) is 11.7 Å². The number of ether oxygens (including phenoxy) is 1. The molecule has 0 N–H and O–H groups in total. The molecule has 1 aliphatic rings. The highest BCUT2D eigenvalue weighted by atomic mass is 16.5. The van der Waals surface area contributed by atoms with Crippen LogP contribution in [0.3, 0.4) is 0 Å². The van der Waals surface area contributed by atoms with Crippen LogP contribution in [0.2, 0.25) is 0 Å². The Kier molecular flexibility index (Phi) is 4.24. The maximum absolute atomic E-state index is 12.8. The molecule has 0 spiro atoms. The number of aromatic nitrogens is 4. The van der Waals surface area contributed by atoms with E-state index < -0.39 is 0 Å². The van der Waals surface area contributed by atoms with Crippen molar-refractivity contribution in [3.63, 3.8) is 0 Å². The van der Waals surface area contributed by atoms with Gasteiger partial charge in [0.15, 0.2) is 0 Å². The fraction of sp³-hybridized carbons (Fsp3) is 0.300. The second kappa shape index (κ2) is 6.71. The first-order chi connectivity index (χ1) is 12.7. The molecule has 0 fully saturated rings. The third-order valence-corrected chi connectivity index (χ3v) is 5.04. The fourth-order valence-electron chi connectivity index (χ4n) is 3.65. The molecule has 3 aromatic rings. The molecule has 26 heavy (non-hydrogen) atoms. The summed E-state index contributed by atoms with van der Waals surface area (Å²) in [6.07, 6.45) is 7.46. The van der Waals surface area contributed by atoms with Gasteiger partial charge >= 0.3 is 0 Å². The monoisotopic (exact) mass is 348 g/mol. The van der Waals surface area contributed by atoms with Crippen molar-refractivity contribution < 1.29 is 4.74 Å². The van der Waals surface area contributed by atoms with Crippen molar-refractivity contribution in [3.05, 3.63) is 75.5 Å². The van der Waals surface area contributed by atoms with Crippen LogP contribution in [0.5, 0.6) is 5.75 Å². The Morgan fingerprint density at radius 3 is 2.81 bits per heavy atom. The predicted molar refractivity (Wildman–Crippen MR) is 97.9 cm³/mol. The fourth-order valence-corrected chi connectivity index (χ4v) is 3.65. The number of fused-ring (bicyclic) bond motifs is 1. The van der Waals surface area contributed by atoms with Gasteiger partial charge < -0.3 is 4.74 Å². The molecule has 1 atom stereocenters. The molecule has 6 heteroatoms. The van der Waals surface area contributed by atoms with Crippen molar-refractivity contribution in [2.75, 3.05) is 7.11 Å². The molecule has 1 aromatic carbocycles. The van der Waals surface area contributed by atoms with Crippen LogP contribution in [0.1, 0.15) is 34.6 Å². The Labute approximate surface area is 151 Å². The number of rotatable bonds is 3. The first kappa shape index (κ1) is 16.4. The second-order valence-electron chi connectivity index (χ2n) is 6.58. The van der Waals surface area contributed by atoms with Gasteiger partial charge in [-0.2, -0.15) is 9.78 Å². The average Bonchev–Trinajstić information content (AvgIpc) is 2.69. The normalized spacial score (nSPS) is 16.2. The van der Waals surface area contributed by atoms with Crippen LogP contribution in [0.25, 0.3) is 5.95 Å². The third-order valence-electron chi connectivity index (χ3n) is 5.04. The van der Waals surface area contributed by atoms with Gasteiger partial charge in [-0.25, -0.2) is 9.97 Å². The molecule has 1 unspecified atom stereocenters. The Bertz CT molecular complexity index is 998. The highest BCUT2D eigenvalue weighted by Gasteiger charge is 2.25. The summed E-state index contributed by atoms with van der Waals surface area (Å²) in [6, 6.07) is 7.90. The first-order valence-electron chi connectivity index (χ1n) is 8.69. The van der Waals surface area contributed by atoms with Gasteiger partial charge in [0.1, 0.15) is 5.75 Å². The van der Waals surface area contributed by atoms with Crippen LogP contribution < -0.4 is 10.3 Å². The predicted octanol–water partition coefficient (Wildman–Crippen LogP) is 2.61. The second-order valence-corrected chi connectivity index (χ2v) is 6.58. The van der Waals surface area contributed by atoms with E-state index in [1.807, 2.05) is 6.07 Å². The van der Waals surface area contributed by atoms with Gasteiger partial charge in [-0.3, -0.25) is 4.79 Å². The smallest absolute Gasteiger partial charge is 0.277 e. The topological polar surface area (TPSA) is 69.9 Å². The summed E-state index contributed by atoms with van der Waals surface area (Å²) in [7, 11) is 1.68. The van der Waals surface area contributed by atoms with E-state index >= 15 is 0 Å². The lowest BCUT2D eigenvalue weighted by atomic mass is 9.80. The zero-order valence-electron chi connectivity index (χ0n) is 14.8. The Balaban J connectivity index is 1.69. The van der Waals surface area contributed by atoms with E-state index in [4.69, 9.17) is 4.74 Å². The van der Waals surface area contributed by atoms with Crippen molar-refractivity contribution in [2.24, 2.45) is 0 Å². The van der Waals surface area contributed by atoms with Crippen LogP contribution in [0, 0.1) is 6.92 Å². The highest BCUT2D eigenvalue weighted by Crippen LogP contribution is 2.34. The van der Waals surface area contributed by atoms with Crippen LogP contribution >= 0.6 is 0 Å². The molecule has 2 aromatic heterocycles. The van der Waals surface area contributed by atoms with E-state index in [9.17, 15) is 4.79 Å². The molecular formula is C20H20N4O2. The number of hydrogen-bond acceptors (Lipinski definition) is 5. The minimum atomic E-state index is -0.116. The molecule has 1 aliphatic carbocycles. The lowest BCUT2D eigenvalue weighted by Gasteiger charge is -2.26. The minimum absolute atomic E-state index is 0.116. The number of nitrogens with zero attached hydrogens (tertiary/aromatic N) is 4. The summed E-state index contributed by atoms with van der Waals surface area (Å²) >= 11 is 0. The maximum atomic E-state index is 12.8. The van der Waals surface area contributed by atoms with Crippen molar-refractivity contribution in [2.45, 2.75) is 32.1 Å². The first-order valence-corrected chi connectivity index (χ1v) is 8.69. The largest absolute Gasteiger partial charge is 0.497 e. The van der Waals surface area contributed by atoms with E-state index in [1.165, 1.54) is 15.8 Å². The van der Waals surface area contributed by atoms with Crippen LogP contribution in [-0.2, 0) is 12.8 Å². The summed E-state index contributed by atoms with van der Waals surface area (Å²) in [5, 5.41) is 4.30. The Hall–Kier alpha value is -3.02. The molecule has 0 saturated carbocycles. The molecule has 6 nitrogen and oxygen atoms in total. The van der Waals surface area contributed by atoms with Gasteiger partial charge in [-0.05, 0) is 67.0 Å². The zero-order chi connectivity index (χ0) is 18.1. The lowest BCUT2D eigenvalue weighted by molar-refractivity contribution is 0.413. The van der Waals surface area contributed by atoms with Gasteiger partial charge in [-0.15, -0.1) is 0 Å². The number of aryl methyl sites for hydroxylation is 1. The highest BCUT2D eigenvalue weighted by molar-refractivity contribution is 5.40. The molecule has 2 heterocycles. The summed E-state index contributed by atoms with van der Waals surface area (Å²) in [5.74, 6) is 1.54. The molecule has 4 rings (SSSR count). The van der Waals surface area contributed by atoms with Crippen LogP contribution in [-0.4, -0.2) is 26.9 Å². The van der Waals surface area contributed by atoms with Crippen molar-refractivity contribution >= 4 is 0 Å². The standard InChI is InChI=1S/C20H20N4O2/c1-13-4-6-16(26-2)11-18(13)14-5-7-17-15(10-14)12-23-24(19(17)25)20-21-8-3-9-22-20/h3-4,6,8-9,11-12,14H,5,7,10H2,1-2H3. The van der Waals surface area contributed by atoms with E-state index in [1.54, 1.807) is 31.8 Å². The Morgan fingerprint density at radius 1 is 1.23 bits per heavy atom. The third kappa shape index (κ3) is 2.87. The van der Waals surface area contributed by atoms with Crippen LogP contribution in [0.15, 0.2) is 47.7 Å². The van der Waals surface area contributed by atoms with Crippen molar-refractivity contribution in [1.29, 1.82) is 0 Å². The summed E-state index contributed by atoms with van der Waals surface area (Å²) in [6.45, 7) is 2.12. The van der Waals surface area contributed by atoms with Gasteiger partial charge in [0.25, 0.3) is 11.5 Å². The zero-order valence-corrected chi connectivity index (χ0v) is 14.8. The molecule has 132 valence electrons. The minimum Gasteiger partial charge on any atom is -0.497 e. The molecule has 0 aliphatic heterocycles. The van der Waals surface area contributed by atoms with Gasteiger partial charge in [0.2, 0.25) is 0 Å². The molecule has 0 radical (unpaired) electrons. The SMILES string of the molecule is COc1ccc(C)c(C2CCc3c(cnn(-c4ncccn4)c3=O)C2)c1. The van der Waals surface area contributed by atoms with Crippen molar-refractivity contribution in [1.82, 2.24) is 19.7 Å². The van der Waals surface area contributed by atoms with Gasteiger partial charge in [-0.1, -0.05) is 6.07 Å². The molecule has 0 amide bonds. The average molecular weight is 348 g/mol. The van der Waals surface area contributed by atoms with E-state index in [0.717, 1.165) is 36.1 Å². The van der Waals surface area contributed by atoms with Gasteiger partial charge in [0.05, 0.1) is 13.3 Å². The Morgan fingerprint density at radius 2 is 2.04 bits per heavy atom. The lowest BCUT2D eigenvalue weighted by Crippen LogP contribution is -2.30. The van der Waals surface area contributed by atoms with E-state index in [0.29, 0.717) is 11.9 Å². The molecule has 0 bridgehead atoms. The van der Waals surface area contributed by atoms with E-state index in [-0.39, 0.29) is 5.56 Å². The maximum Gasteiger partial charge on any atom is 0.277 e. The quantitative estimate of drug-likeness (QED) is 0.728. The number of methoxy groups -OCH3 is 1. The number of benzene rings is 1.